The fourth-order valence-corrected chi connectivity index (χ4v) is 8.12. The number of ether oxygens (including phenoxy) is 1. The quantitative estimate of drug-likeness (QED) is 0.212. The van der Waals surface area contributed by atoms with Gasteiger partial charge in [0.15, 0.2) is 17.4 Å². The standard InChI is InChI=1S/C38H42F2N4O2S/c1-37(2)12-5-13-38(3,26-7-6-24-16-23(21-45)17-25(24)18-26)36(41)44-35(42-4)30-19-27(8-9-31(30)39)46-34-29(11-15-47-22-37)28-10-14-43-33(28)20-32(34)40/h6-10,14,18-21,23,43H,5,11-13,15-17,22H2,1-4H3,(H2,41,42,44). The first-order valence-electron chi connectivity index (χ1n) is 16.2. The first kappa shape index (κ1) is 32.9. The number of aliphatic imine (C=N–C) groups is 2. The summed E-state index contributed by atoms with van der Waals surface area (Å²) < 4.78 is 37.3. The minimum atomic E-state index is -0.673. The highest BCUT2D eigenvalue weighted by Gasteiger charge is 2.34. The summed E-state index contributed by atoms with van der Waals surface area (Å²) in [7, 11) is 1.55. The van der Waals surface area contributed by atoms with Gasteiger partial charge in [0.2, 0.25) is 0 Å². The van der Waals surface area contributed by atoms with Crippen LogP contribution in [0, 0.1) is 23.0 Å². The molecule has 0 saturated carbocycles. The van der Waals surface area contributed by atoms with Crippen LogP contribution in [0.1, 0.15) is 67.9 Å². The van der Waals surface area contributed by atoms with E-state index >= 15 is 8.78 Å². The topological polar surface area (TPSA) is 92.8 Å². The molecule has 4 aromatic rings. The van der Waals surface area contributed by atoms with E-state index in [2.05, 4.69) is 48.9 Å². The van der Waals surface area contributed by atoms with Crippen molar-refractivity contribution in [3.63, 3.8) is 0 Å². The smallest absolute Gasteiger partial charge is 0.168 e. The Bertz CT molecular complexity index is 1880. The zero-order valence-electron chi connectivity index (χ0n) is 27.5. The number of benzene rings is 3. The van der Waals surface area contributed by atoms with Gasteiger partial charge >= 0.3 is 0 Å². The van der Waals surface area contributed by atoms with E-state index in [1.165, 1.54) is 29.8 Å². The maximum absolute atomic E-state index is 15.6. The monoisotopic (exact) mass is 656 g/mol. The first-order chi connectivity index (χ1) is 22.5. The summed E-state index contributed by atoms with van der Waals surface area (Å²) in [4.78, 5) is 23.8. The lowest BCUT2D eigenvalue weighted by Crippen LogP contribution is -2.40. The van der Waals surface area contributed by atoms with Crippen molar-refractivity contribution in [1.82, 2.24) is 4.98 Å². The van der Waals surface area contributed by atoms with E-state index in [1.807, 2.05) is 17.8 Å². The van der Waals surface area contributed by atoms with Crippen molar-refractivity contribution < 1.29 is 18.3 Å². The minimum absolute atomic E-state index is 0.00607. The number of aromatic amines is 1. The van der Waals surface area contributed by atoms with Gasteiger partial charge in [-0.15, -0.1) is 0 Å². The molecule has 0 saturated heterocycles. The Balaban J connectivity index is 1.44. The van der Waals surface area contributed by atoms with E-state index in [9.17, 15) is 4.79 Å². The van der Waals surface area contributed by atoms with E-state index in [1.54, 1.807) is 13.2 Å². The number of carbonyl (C=O) groups is 1. The first-order valence-corrected chi connectivity index (χ1v) is 17.4. The van der Waals surface area contributed by atoms with Gasteiger partial charge in [-0.25, -0.2) is 13.8 Å². The van der Waals surface area contributed by atoms with Crippen LogP contribution in [-0.2, 0) is 29.5 Å². The summed E-state index contributed by atoms with van der Waals surface area (Å²) in [6.45, 7) is 6.64. The maximum atomic E-state index is 15.6. The van der Waals surface area contributed by atoms with Crippen molar-refractivity contribution in [2.45, 2.75) is 64.7 Å². The fourth-order valence-electron chi connectivity index (χ4n) is 6.93. The van der Waals surface area contributed by atoms with Crippen LogP contribution in [0.4, 0.5) is 8.78 Å². The number of nitrogens with zero attached hydrogens (tertiary/aromatic N) is 2. The molecule has 2 bridgehead atoms. The number of thioether (sulfide) groups is 1. The zero-order chi connectivity index (χ0) is 33.3. The predicted octanol–water partition coefficient (Wildman–Crippen LogP) is 8.33. The van der Waals surface area contributed by atoms with Crippen LogP contribution in [0.2, 0.25) is 0 Å². The molecule has 246 valence electrons. The van der Waals surface area contributed by atoms with Gasteiger partial charge in [-0.3, -0.25) is 4.99 Å². The average Bonchev–Trinajstić information content (AvgIpc) is 3.69. The molecule has 47 heavy (non-hydrogen) atoms. The van der Waals surface area contributed by atoms with Gasteiger partial charge in [-0.1, -0.05) is 38.5 Å². The number of nitrogens with two attached hydrogens (primary N) is 1. The van der Waals surface area contributed by atoms with Gasteiger partial charge in [0.1, 0.15) is 23.7 Å². The van der Waals surface area contributed by atoms with E-state index < -0.39 is 17.0 Å². The Morgan fingerprint density at radius 3 is 2.64 bits per heavy atom. The number of carbonyl (C=O) groups excluding carboxylic acids is 1. The molecule has 2 heterocycles. The van der Waals surface area contributed by atoms with Crippen LogP contribution in [0.5, 0.6) is 11.5 Å². The molecule has 1 aromatic heterocycles. The molecule has 2 aliphatic rings. The highest BCUT2D eigenvalue weighted by molar-refractivity contribution is 7.99. The maximum Gasteiger partial charge on any atom is 0.168 e. The number of hydrogen-bond acceptors (Lipinski definition) is 5. The molecule has 0 amide bonds. The largest absolute Gasteiger partial charge is 0.454 e. The summed E-state index contributed by atoms with van der Waals surface area (Å²) in [5, 5.41) is 0.902. The minimum Gasteiger partial charge on any atom is -0.454 e. The number of nitrogens with one attached hydrogen (secondary N) is 1. The molecule has 1 aliphatic carbocycles. The van der Waals surface area contributed by atoms with E-state index in [-0.39, 0.29) is 34.2 Å². The Morgan fingerprint density at radius 2 is 1.85 bits per heavy atom. The number of aldehydes is 1. The normalized spacial score (nSPS) is 22.9. The van der Waals surface area contributed by atoms with Crippen molar-refractivity contribution in [1.29, 1.82) is 0 Å². The van der Waals surface area contributed by atoms with Crippen LogP contribution < -0.4 is 10.5 Å². The summed E-state index contributed by atoms with van der Waals surface area (Å²) in [5.74, 6) is 1.55. The molecule has 3 N–H and O–H groups in total. The third-order valence-corrected chi connectivity index (χ3v) is 11.3. The van der Waals surface area contributed by atoms with Gasteiger partial charge in [-0.05, 0) is 96.9 Å². The van der Waals surface area contributed by atoms with Gasteiger partial charge in [-0.2, -0.15) is 11.8 Å². The number of rotatable bonds is 2. The highest BCUT2D eigenvalue weighted by Crippen LogP contribution is 2.39. The number of aromatic nitrogens is 1. The molecule has 0 spiro atoms. The van der Waals surface area contributed by atoms with Crippen molar-refractivity contribution in [2.24, 2.45) is 27.1 Å². The summed E-state index contributed by atoms with van der Waals surface area (Å²) in [6, 6.07) is 14.0. The van der Waals surface area contributed by atoms with Gasteiger partial charge in [0.25, 0.3) is 0 Å². The molecule has 9 heteroatoms. The lowest BCUT2D eigenvalue weighted by atomic mass is 9.74. The number of aryl methyl sites for hydroxylation is 1. The van der Waals surface area contributed by atoms with Crippen molar-refractivity contribution in [3.8, 4) is 11.5 Å². The van der Waals surface area contributed by atoms with Crippen LogP contribution in [0.15, 0.2) is 64.7 Å². The van der Waals surface area contributed by atoms with Gasteiger partial charge < -0.3 is 20.2 Å². The summed E-state index contributed by atoms with van der Waals surface area (Å²) in [5.41, 5.74) is 11.2. The van der Waals surface area contributed by atoms with Gasteiger partial charge in [0.05, 0.1) is 5.56 Å². The van der Waals surface area contributed by atoms with E-state index in [0.29, 0.717) is 24.2 Å². The van der Waals surface area contributed by atoms with Crippen LogP contribution >= 0.6 is 11.8 Å². The molecule has 0 radical (unpaired) electrons. The Labute approximate surface area is 279 Å². The fraction of sp³-hybridized carbons (Fsp3) is 0.395. The molecule has 6 nitrogen and oxygen atoms in total. The second-order valence-electron chi connectivity index (χ2n) is 13.8. The van der Waals surface area contributed by atoms with Crippen molar-refractivity contribution >= 4 is 40.6 Å². The summed E-state index contributed by atoms with van der Waals surface area (Å²) >= 11 is 1.85. The lowest BCUT2D eigenvalue weighted by molar-refractivity contribution is -0.110. The Morgan fingerprint density at radius 1 is 1.04 bits per heavy atom. The van der Waals surface area contributed by atoms with Crippen molar-refractivity contribution in [3.05, 3.63) is 94.2 Å². The lowest BCUT2D eigenvalue weighted by Gasteiger charge is -2.32. The molecule has 1 aliphatic heterocycles. The van der Waals surface area contributed by atoms with Crippen LogP contribution in [-0.4, -0.2) is 41.5 Å². The van der Waals surface area contributed by atoms with E-state index in [0.717, 1.165) is 65.6 Å². The molecule has 6 rings (SSSR count). The van der Waals surface area contributed by atoms with Crippen LogP contribution in [0.25, 0.3) is 10.9 Å². The Kier molecular flexibility index (Phi) is 9.29. The number of halogens is 2. The predicted molar refractivity (Wildman–Crippen MR) is 188 cm³/mol. The number of amidine groups is 2. The molecule has 3 aromatic carbocycles. The molecular weight excluding hydrogens is 615 g/mol. The number of hydrogen-bond donors (Lipinski definition) is 2. The number of H-pyrrole nitrogens is 1. The molecular formula is C38H42F2N4O2S. The number of fused-ring (bicyclic) bond motifs is 6. The average molecular weight is 657 g/mol. The summed E-state index contributed by atoms with van der Waals surface area (Å²) in [6.07, 6.45) is 7.49. The molecule has 0 fully saturated rings. The Hall–Kier alpha value is -3.98. The van der Waals surface area contributed by atoms with Gasteiger partial charge in [0, 0.05) is 47.1 Å². The third kappa shape index (κ3) is 6.73. The highest BCUT2D eigenvalue weighted by atomic mass is 32.2. The molecule has 2 unspecified atom stereocenters. The SMILES string of the molecule is CN=C1N=C(N)C(C)(c2ccc3c(c2)CC(C=O)C3)CCCC(C)(C)CSCCc2c(c(F)cc3[nH]ccc23)Oc2ccc(F)c1c2. The van der Waals surface area contributed by atoms with Crippen LogP contribution in [0.3, 0.4) is 0 Å². The second kappa shape index (κ2) is 13.3. The molecule has 2 atom stereocenters. The van der Waals surface area contributed by atoms with E-state index in [4.69, 9.17) is 15.5 Å². The second-order valence-corrected chi connectivity index (χ2v) is 14.9. The van der Waals surface area contributed by atoms with Crippen molar-refractivity contribution in [2.75, 3.05) is 18.6 Å². The zero-order valence-corrected chi connectivity index (χ0v) is 28.3. The third-order valence-electron chi connectivity index (χ3n) is 9.79.